The summed E-state index contributed by atoms with van der Waals surface area (Å²) in [6.07, 6.45) is 1.19. The van der Waals surface area contributed by atoms with Gasteiger partial charge in [-0.05, 0) is 53.9 Å². The zero-order valence-corrected chi connectivity index (χ0v) is 21.7. The first kappa shape index (κ1) is 23.9. The number of ketones is 1. The van der Waals surface area contributed by atoms with Crippen molar-refractivity contribution in [3.05, 3.63) is 77.9 Å². The highest BCUT2D eigenvalue weighted by Crippen LogP contribution is 2.44. The topological polar surface area (TPSA) is 80.8 Å². The highest BCUT2D eigenvalue weighted by atomic mass is 79.9. The van der Waals surface area contributed by atoms with Crippen LogP contribution in [0, 0.1) is 11.8 Å². The molecular weight excluding hydrogens is 578 g/mol. The maximum Gasteiger partial charge on any atom is 0.338 e. The molecule has 3 aromatic carbocycles. The second kappa shape index (κ2) is 9.66. The molecular formula is C27H21Br2NO5. The van der Waals surface area contributed by atoms with Gasteiger partial charge in [-0.3, -0.25) is 19.3 Å². The van der Waals surface area contributed by atoms with Crippen LogP contribution >= 0.6 is 31.9 Å². The fraction of sp³-hybridized carbons (Fsp3) is 0.259. The van der Waals surface area contributed by atoms with E-state index in [2.05, 4.69) is 31.9 Å². The summed E-state index contributed by atoms with van der Waals surface area (Å²) in [4.78, 5) is 52.4. The molecule has 6 nitrogen and oxygen atoms in total. The van der Waals surface area contributed by atoms with Gasteiger partial charge in [0, 0.05) is 15.2 Å². The van der Waals surface area contributed by atoms with Crippen LogP contribution in [0.5, 0.6) is 0 Å². The van der Waals surface area contributed by atoms with Crippen molar-refractivity contribution in [3.8, 4) is 0 Å². The van der Waals surface area contributed by atoms with Crippen LogP contribution in [-0.2, 0) is 14.3 Å². The lowest BCUT2D eigenvalue weighted by molar-refractivity contribution is -0.122. The van der Waals surface area contributed by atoms with Crippen molar-refractivity contribution >= 4 is 71.9 Å². The number of imide groups is 1. The quantitative estimate of drug-likeness (QED) is 0.172. The number of amides is 2. The van der Waals surface area contributed by atoms with Crippen molar-refractivity contribution < 1.29 is 23.9 Å². The summed E-state index contributed by atoms with van der Waals surface area (Å²) < 4.78 is 5.22. The lowest BCUT2D eigenvalue weighted by atomic mass is 9.81. The Morgan fingerprint density at radius 2 is 1.37 bits per heavy atom. The molecule has 5 rings (SSSR count). The number of hydrogen-bond donors (Lipinski definition) is 0. The summed E-state index contributed by atoms with van der Waals surface area (Å²) in [6.45, 7) is -0.382. The van der Waals surface area contributed by atoms with Crippen LogP contribution in [0.4, 0.5) is 5.69 Å². The summed E-state index contributed by atoms with van der Waals surface area (Å²) in [6, 6.07) is 19.2. The molecule has 1 aliphatic heterocycles. The Kier molecular flexibility index (Phi) is 6.59. The maximum absolute atomic E-state index is 13.0. The molecule has 1 aliphatic carbocycles. The monoisotopic (exact) mass is 597 g/mol. The summed E-state index contributed by atoms with van der Waals surface area (Å²) in [5, 5.41) is 1.96. The summed E-state index contributed by atoms with van der Waals surface area (Å²) in [7, 11) is 0. The van der Waals surface area contributed by atoms with Crippen LogP contribution in [0.2, 0.25) is 0 Å². The van der Waals surface area contributed by atoms with Gasteiger partial charge in [-0.2, -0.15) is 0 Å². The van der Waals surface area contributed by atoms with E-state index in [1.165, 1.54) is 17.0 Å². The van der Waals surface area contributed by atoms with Crippen LogP contribution in [0.15, 0.2) is 66.7 Å². The summed E-state index contributed by atoms with van der Waals surface area (Å²) in [5.41, 5.74) is 1.13. The third kappa shape index (κ3) is 4.57. The standard InChI is InChI=1S/C27H21Br2NO5/c28-22-12-20-21(13-23(22)29)26(33)30(25(20)32)19-9-7-16(8-10-19)27(34)35-14-24(31)18-6-5-15-3-1-2-4-17(15)11-18/h1-11,20-23H,12-14H2/t20-,21+,22-,23-/m0/s1. The number of rotatable bonds is 5. The maximum atomic E-state index is 13.0. The van der Waals surface area contributed by atoms with Gasteiger partial charge in [0.1, 0.15) is 0 Å². The van der Waals surface area contributed by atoms with Crippen molar-refractivity contribution in [2.24, 2.45) is 11.8 Å². The van der Waals surface area contributed by atoms with E-state index in [1.54, 1.807) is 24.3 Å². The van der Waals surface area contributed by atoms with E-state index >= 15 is 0 Å². The molecule has 1 saturated heterocycles. The van der Waals surface area contributed by atoms with E-state index in [-0.39, 0.29) is 51.3 Å². The Morgan fingerprint density at radius 3 is 2.00 bits per heavy atom. The van der Waals surface area contributed by atoms with Crippen molar-refractivity contribution in [1.29, 1.82) is 0 Å². The van der Waals surface area contributed by atoms with Gasteiger partial charge in [0.25, 0.3) is 0 Å². The molecule has 8 heteroatoms. The van der Waals surface area contributed by atoms with Crippen molar-refractivity contribution in [1.82, 2.24) is 0 Å². The first-order valence-corrected chi connectivity index (χ1v) is 13.1. The SMILES string of the molecule is O=C(COC(=O)c1ccc(N2C(=O)[C@H]3C[C@H](Br)[C@@H](Br)C[C@H]3C2=O)cc1)c1ccc2ccccc2c1. The molecule has 2 fully saturated rings. The molecule has 1 saturated carbocycles. The van der Waals surface area contributed by atoms with Crippen LogP contribution in [0.25, 0.3) is 10.8 Å². The molecule has 0 unspecified atom stereocenters. The van der Waals surface area contributed by atoms with Crippen LogP contribution < -0.4 is 4.90 Å². The predicted molar refractivity (Wildman–Crippen MR) is 139 cm³/mol. The minimum atomic E-state index is -0.650. The normalized spacial score (nSPS) is 23.9. The number of esters is 1. The van der Waals surface area contributed by atoms with Crippen LogP contribution in [-0.4, -0.2) is 39.8 Å². The van der Waals surface area contributed by atoms with Gasteiger partial charge in [0.2, 0.25) is 11.8 Å². The third-order valence-corrected chi connectivity index (χ3v) is 9.41. The number of fused-ring (bicyclic) bond motifs is 2. The Morgan fingerprint density at radius 1 is 0.800 bits per heavy atom. The Labute approximate surface area is 218 Å². The zero-order valence-electron chi connectivity index (χ0n) is 18.5. The number of hydrogen-bond acceptors (Lipinski definition) is 5. The molecule has 178 valence electrons. The van der Waals surface area contributed by atoms with Gasteiger partial charge in [-0.1, -0.05) is 68.3 Å². The molecule has 35 heavy (non-hydrogen) atoms. The lowest BCUT2D eigenvalue weighted by Crippen LogP contribution is -2.34. The molecule has 3 aromatic rings. The summed E-state index contributed by atoms with van der Waals surface area (Å²) in [5.74, 6) is -2.05. The first-order valence-electron chi connectivity index (χ1n) is 11.3. The van der Waals surface area contributed by atoms with Crippen LogP contribution in [0.1, 0.15) is 33.6 Å². The second-order valence-corrected chi connectivity index (χ2v) is 11.2. The largest absolute Gasteiger partial charge is 0.454 e. The Bertz CT molecular complexity index is 1310. The van der Waals surface area contributed by atoms with E-state index in [0.29, 0.717) is 24.1 Å². The summed E-state index contributed by atoms with van der Waals surface area (Å²) >= 11 is 7.17. The van der Waals surface area contributed by atoms with E-state index < -0.39 is 5.97 Å². The van der Waals surface area contributed by atoms with Gasteiger partial charge in [0.15, 0.2) is 12.4 Å². The van der Waals surface area contributed by atoms with Crippen LogP contribution in [0.3, 0.4) is 0 Å². The number of halogens is 2. The number of carbonyl (C=O) groups is 4. The molecule has 0 aromatic heterocycles. The number of anilines is 1. The van der Waals surface area contributed by atoms with Gasteiger partial charge in [-0.15, -0.1) is 0 Å². The molecule has 0 N–H and O–H groups in total. The van der Waals surface area contributed by atoms with Gasteiger partial charge < -0.3 is 4.74 Å². The van der Waals surface area contributed by atoms with E-state index in [9.17, 15) is 19.2 Å². The number of nitrogens with zero attached hydrogens (tertiary/aromatic N) is 1. The first-order chi connectivity index (χ1) is 16.8. The average molecular weight is 599 g/mol. The lowest BCUT2D eigenvalue weighted by Gasteiger charge is -2.29. The second-order valence-electron chi connectivity index (χ2n) is 8.84. The number of carbonyl (C=O) groups excluding carboxylic acids is 4. The number of ether oxygens (including phenoxy) is 1. The Hall–Kier alpha value is -2.84. The average Bonchev–Trinajstić information content (AvgIpc) is 3.11. The minimum Gasteiger partial charge on any atom is -0.454 e. The predicted octanol–water partition coefficient (Wildman–Crippen LogP) is 5.31. The zero-order chi connectivity index (χ0) is 24.7. The smallest absolute Gasteiger partial charge is 0.338 e. The molecule has 4 atom stereocenters. The molecule has 1 heterocycles. The minimum absolute atomic E-state index is 0.134. The highest BCUT2D eigenvalue weighted by molar-refractivity contribution is 9.12. The van der Waals surface area contributed by atoms with Gasteiger partial charge >= 0.3 is 5.97 Å². The van der Waals surface area contributed by atoms with Gasteiger partial charge in [-0.25, -0.2) is 4.79 Å². The van der Waals surface area contributed by atoms with Gasteiger partial charge in [0.05, 0.1) is 23.1 Å². The molecule has 0 radical (unpaired) electrons. The van der Waals surface area contributed by atoms with E-state index in [1.807, 2.05) is 30.3 Å². The van der Waals surface area contributed by atoms with Crippen molar-refractivity contribution in [3.63, 3.8) is 0 Å². The van der Waals surface area contributed by atoms with Crippen molar-refractivity contribution in [2.75, 3.05) is 11.5 Å². The third-order valence-electron chi connectivity index (χ3n) is 6.68. The molecule has 2 amide bonds. The molecule has 0 bridgehead atoms. The highest BCUT2D eigenvalue weighted by Gasteiger charge is 2.52. The van der Waals surface area contributed by atoms with E-state index in [0.717, 1.165) is 10.8 Å². The number of alkyl halides is 2. The number of Topliss-reactive ketones (excluding diaryl/α,β-unsaturated/α-hetero) is 1. The Balaban J connectivity index is 1.24. The molecule has 2 aliphatic rings. The van der Waals surface area contributed by atoms with E-state index in [4.69, 9.17) is 4.74 Å². The van der Waals surface area contributed by atoms with Crippen molar-refractivity contribution in [2.45, 2.75) is 22.5 Å². The fourth-order valence-electron chi connectivity index (χ4n) is 4.76. The fourth-order valence-corrected chi connectivity index (χ4v) is 5.99. The molecule has 0 spiro atoms. The number of benzene rings is 3.